The van der Waals surface area contributed by atoms with Crippen molar-refractivity contribution in [1.82, 2.24) is 10.2 Å². The number of anilines is 1. The Balaban J connectivity index is 0.00000192. The molecule has 1 saturated carbocycles. The van der Waals surface area contributed by atoms with E-state index in [4.69, 9.17) is 5.73 Å². The molecule has 1 aliphatic carbocycles. The highest BCUT2D eigenvalue weighted by Gasteiger charge is 2.37. The number of carbonyl (C=O) groups excluding carboxylic acids is 1. The van der Waals surface area contributed by atoms with Gasteiger partial charge in [0.1, 0.15) is 5.01 Å². The Kier molecular flexibility index (Phi) is 5.39. The van der Waals surface area contributed by atoms with Crippen LogP contribution in [0.2, 0.25) is 0 Å². The molecule has 7 heteroatoms. The molecular weight excluding hydrogens is 332 g/mol. The highest BCUT2D eigenvalue weighted by atomic mass is 35.5. The smallest absolute Gasteiger partial charge is 0.246 e. The molecule has 0 radical (unpaired) electrons. The Labute approximate surface area is 146 Å². The molecular formula is C16H21ClN4OS. The second-order valence-corrected chi connectivity index (χ2v) is 7.08. The first-order valence-corrected chi connectivity index (χ1v) is 8.30. The number of benzene rings is 1. The van der Waals surface area contributed by atoms with Crippen molar-refractivity contribution in [2.24, 2.45) is 5.73 Å². The van der Waals surface area contributed by atoms with E-state index in [-0.39, 0.29) is 18.3 Å². The lowest BCUT2D eigenvalue weighted by Crippen LogP contribution is -2.48. The van der Waals surface area contributed by atoms with Crippen LogP contribution in [0.3, 0.4) is 0 Å². The number of amides is 1. The number of nitrogens with zero attached hydrogens (tertiary/aromatic N) is 2. The molecule has 0 unspecified atom stereocenters. The molecule has 1 amide bonds. The summed E-state index contributed by atoms with van der Waals surface area (Å²) in [6.45, 7) is 4.11. The third-order valence-electron chi connectivity index (χ3n) is 4.06. The largest absolute Gasteiger partial charge is 0.317 e. The molecule has 1 heterocycles. The van der Waals surface area contributed by atoms with Crippen LogP contribution < -0.4 is 11.1 Å². The molecule has 0 aliphatic heterocycles. The summed E-state index contributed by atoms with van der Waals surface area (Å²) in [6.07, 6.45) is 3.49. The third-order valence-corrected chi connectivity index (χ3v) is 4.95. The lowest BCUT2D eigenvalue weighted by Gasteiger charge is -2.20. The molecule has 1 aromatic heterocycles. The number of hydrogen-bond donors (Lipinski definition) is 2. The zero-order valence-corrected chi connectivity index (χ0v) is 14.9. The van der Waals surface area contributed by atoms with Crippen molar-refractivity contribution in [1.29, 1.82) is 0 Å². The minimum absolute atomic E-state index is 0. The monoisotopic (exact) mass is 352 g/mol. The first-order valence-electron chi connectivity index (χ1n) is 7.49. The Morgan fingerprint density at radius 3 is 2.39 bits per heavy atom. The van der Waals surface area contributed by atoms with E-state index in [1.807, 2.05) is 0 Å². The molecule has 1 aromatic carbocycles. The van der Waals surface area contributed by atoms with Gasteiger partial charge in [-0.15, -0.1) is 22.6 Å². The molecule has 0 atom stereocenters. The van der Waals surface area contributed by atoms with Crippen LogP contribution in [0.4, 0.5) is 5.13 Å². The summed E-state index contributed by atoms with van der Waals surface area (Å²) in [7, 11) is 0. The fourth-order valence-corrected chi connectivity index (χ4v) is 3.67. The van der Waals surface area contributed by atoms with Crippen molar-refractivity contribution < 1.29 is 4.79 Å². The zero-order valence-electron chi connectivity index (χ0n) is 13.3. The van der Waals surface area contributed by atoms with E-state index < -0.39 is 5.54 Å². The summed E-state index contributed by atoms with van der Waals surface area (Å²) in [6, 6.07) is 6.26. The van der Waals surface area contributed by atoms with Gasteiger partial charge in [0.25, 0.3) is 0 Å². The minimum atomic E-state index is -0.744. The highest BCUT2D eigenvalue weighted by molar-refractivity contribution is 7.18. The highest BCUT2D eigenvalue weighted by Crippen LogP contribution is 2.31. The molecule has 23 heavy (non-hydrogen) atoms. The van der Waals surface area contributed by atoms with Gasteiger partial charge >= 0.3 is 0 Å². The van der Waals surface area contributed by atoms with Crippen LogP contribution in [0.1, 0.15) is 36.8 Å². The quantitative estimate of drug-likeness (QED) is 0.886. The van der Waals surface area contributed by atoms with Crippen molar-refractivity contribution in [3.8, 4) is 10.6 Å². The van der Waals surface area contributed by atoms with Gasteiger partial charge in [-0.3, -0.25) is 10.1 Å². The van der Waals surface area contributed by atoms with Gasteiger partial charge in [-0.05, 0) is 38.8 Å². The van der Waals surface area contributed by atoms with Crippen LogP contribution in [0.15, 0.2) is 18.2 Å². The number of aryl methyl sites for hydroxylation is 2. The van der Waals surface area contributed by atoms with Gasteiger partial charge in [-0.1, -0.05) is 41.4 Å². The van der Waals surface area contributed by atoms with E-state index in [9.17, 15) is 4.79 Å². The van der Waals surface area contributed by atoms with Crippen LogP contribution in [-0.4, -0.2) is 21.6 Å². The lowest BCUT2D eigenvalue weighted by atomic mass is 9.98. The molecule has 3 rings (SSSR count). The van der Waals surface area contributed by atoms with Gasteiger partial charge in [0.15, 0.2) is 0 Å². The van der Waals surface area contributed by atoms with E-state index >= 15 is 0 Å². The number of nitrogens with one attached hydrogen (secondary N) is 1. The van der Waals surface area contributed by atoms with Crippen LogP contribution >= 0.6 is 23.7 Å². The number of rotatable bonds is 3. The van der Waals surface area contributed by atoms with Crippen LogP contribution in [0.25, 0.3) is 10.6 Å². The summed E-state index contributed by atoms with van der Waals surface area (Å²) < 4.78 is 0. The van der Waals surface area contributed by atoms with E-state index in [1.165, 1.54) is 22.5 Å². The van der Waals surface area contributed by atoms with Crippen molar-refractivity contribution in [2.75, 3.05) is 5.32 Å². The summed E-state index contributed by atoms with van der Waals surface area (Å²) in [5.41, 5.74) is 8.80. The summed E-state index contributed by atoms with van der Waals surface area (Å²) in [4.78, 5) is 12.3. The minimum Gasteiger partial charge on any atom is -0.317 e. The van der Waals surface area contributed by atoms with Gasteiger partial charge in [0.2, 0.25) is 11.0 Å². The maximum atomic E-state index is 12.3. The standard InChI is InChI=1S/C16H20N4OS.ClH/c1-10-7-11(2)9-12(8-10)13-19-20-15(22-13)18-14(21)16(17)5-3-4-6-16;/h7-9H,3-6,17H2,1-2H3,(H,18,20,21);1H. The molecule has 0 spiro atoms. The second-order valence-electron chi connectivity index (χ2n) is 6.11. The molecule has 5 nitrogen and oxygen atoms in total. The van der Waals surface area contributed by atoms with E-state index in [0.717, 1.165) is 36.3 Å². The Bertz CT molecular complexity index is 690. The zero-order chi connectivity index (χ0) is 15.7. The van der Waals surface area contributed by atoms with Gasteiger partial charge in [0.05, 0.1) is 5.54 Å². The lowest BCUT2D eigenvalue weighted by molar-refractivity contribution is -0.121. The Hall–Kier alpha value is -1.50. The number of aromatic nitrogens is 2. The van der Waals surface area contributed by atoms with E-state index in [2.05, 4.69) is 47.6 Å². The topological polar surface area (TPSA) is 80.9 Å². The normalized spacial score (nSPS) is 16.0. The molecule has 1 fully saturated rings. The number of nitrogens with two attached hydrogens (primary N) is 1. The van der Waals surface area contributed by atoms with E-state index in [1.54, 1.807) is 0 Å². The predicted molar refractivity (Wildman–Crippen MR) is 96.1 cm³/mol. The average Bonchev–Trinajstić information content (AvgIpc) is 3.08. The summed E-state index contributed by atoms with van der Waals surface area (Å²) in [5.74, 6) is -0.145. The fourth-order valence-electron chi connectivity index (χ4n) is 2.94. The molecule has 1 aliphatic rings. The number of hydrogen-bond acceptors (Lipinski definition) is 5. The Morgan fingerprint density at radius 1 is 1.17 bits per heavy atom. The van der Waals surface area contributed by atoms with Crippen molar-refractivity contribution in [3.05, 3.63) is 29.3 Å². The molecule has 2 aromatic rings. The first-order chi connectivity index (χ1) is 10.5. The SMILES string of the molecule is Cc1cc(C)cc(-c2nnc(NC(=O)C3(N)CCCC3)s2)c1.Cl. The average molecular weight is 353 g/mol. The van der Waals surface area contributed by atoms with E-state index in [0.29, 0.717) is 5.13 Å². The molecule has 124 valence electrons. The third kappa shape index (κ3) is 3.88. The Morgan fingerprint density at radius 2 is 1.78 bits per heavy atom. The van der Waals surface area contributed by atoms with Gasteiger partial charge in [-0.2, -0.15) is 0 Å². The molecule has 0 bridgehead atoms. The summed E-state index contributed by atoms with van der Waals surface area (Å²) in [5, 5.41) is 12.4. The van der Waals surface area contributed by atoms with Crippen LogP contribution in [0, 0.1) is 13.8 Å². The maximum Gasteiger partial charge on any atom is 0.246 e. The van der Waals surface area contributed by atoms with Crippen molar-refractivity contribution >= 4 is 34.8 Å². The van der Waals surface area contributed by atoms with Crippen LogP contribution in [-0.2, 0) is 4.79 Å². The fraction of sp³-hybridized carbons (Fsp3) is 0.438. The number of halogens is 1. The van der Waals surface area contributed by atoms with Crippen LogP contribution in [0.5, 0.6) is 0 Å². The van der Waals surface area contributed by atoms with Gasteiger partial charge in [-0.25, -0.2) is 0 Å². The predicted octanol–water partition coefficient (Wildman–Crippen LogP) is 3.45. The molecule has 3 N–H and O–H groups in total. The van der Waals surface area contributed by atoms with Crippen molar-refractivity contribution in [3.63, 3.8) is 0 Å². The first kappa shape index (κ1) is 17.8. The van der Waals surface area contributed by atoms with Crippen molar-refractivity contribution in [2.45, 2.75) is 45.1 Å². The van der Waals surface area contributed by atoms with Gasteiger partial charge in [0, 0.05) is 5.56 Å². The number of carbonyl (C=O) groups is 1. The summed E-state index contributed by atoms with van der Waals surface area (Å²) >= 11 is 1.38. The second kappa shape index (κ2) is 6.95. The maximum absolute atomic E-state index is 12.3. The molecule has 0 saturated heterocycles. The van der Waals surface area contributed by atoms with Gasteiger partial charge < -0.3 is 5.73 Å².